The molecule has 1 amide bonds. The number of carbonyl (C=O) groups excluding carboxylic acids is 1. The second kappa shape index (κ2) is 6.57. The maximum atomic E-state index is 11.9. The van der Waals surface area contributed by atoms with Gasteiger partial charge < -0.3 is 10.4 Å². The number of carboxylic acids is 1. The summed E-state index contributed by atoms with van der Waals surface area (Å²) in [7, 11) is 0. The molecule has 1 aromatic rings. The van der Waals surface area contributed by atoms with Gasteiger partial charge in [0.15, 0.2) is 0 Å². The largest absolute Gasteiger partial charge is 0.481 e. The van der Waals surface area contributed by atoms with Crippen LogP contribution in [-0.2, 0) is 9.59 Å². The first kappa shape index (κ1) is 15.3. The fraction of sp³-hybridized carbons (Fsp3) is 0.412. The number of carboxylic acid groups (broad SMARTS) is 1. The number of benzene rings is 1. The SMILES string of the molecule is Cc1ccc(/C=C/C(=O)NC(CC(=O)O)C2CC2)c(C)c1. The van der Waals surface area contributed by atoms with Crippen molar-refractivity contribution in [3.8, 4) is 0 Å². The van der Waals surface area contributed by atoms with E-state index in [1.54, 1.807) is 6.08 Å². The molecule has 1 aliphatic carbocycles. The van der Waals surface area contributed by atoms with Gasteiger partial charge in [-0.15, -0.1) is 0 Å². The van der Waals surface area contributed by atoms with Gasteiger partial charge in [0.25, 0.3) is 0 Å². The highest BCUT2D eigenvalue weighted by atomic mass is 16.4. The van der Waals surface area contributed by atoms with Crippen molar-refractivity contribution in [2.75, 3.05) is 0 Å². The standard InChI is InChI=1S/C17H21NO3/c1-11-3-4-13(12(2)9-11)7-8-16(19)18-15(10-17(20)21)14-5-6-14/h3-4,7-9,14-15H,5-6,10H2,1-2H3,(H,18,19)(H,20,21)/b8-7+. The Morgan fingerprint density at radius 2 is 2.10 bits per heavy atom. The van der Waals surface area contributed by atoms with Gasteiger partial charge in [0.05, 0.1) is 6.42 Å². The summed E-state index contributed by atoms with van der Waals surface area (Å²) in [5, 5.41) is 11.7. The lowest BCUT2D eigenvalue weighted by Gasteiger charge is -2.14. The Bertz CT molecular complexity index is 573. The molecule has 0 aliphatic heterocycles. The van der Waals surface area contributed by atoms with Crippen LogP contribution in [0.1, 0.15) is 36.0 Å². The van der Waals surface area contributed by atoms with Crippen LogP contribution in [0.4, 0.5) is 0 Å². The Hall–Kier alpha value is -2.10. The van der Waals surface area contributed by atoms with Crippen molar-refractivity contribution in [2.45, 2.75) is 39.2 Å². The molecule has 0 aromatic heterocycles. The maximum absolute atomic E-state index is 11.9. The minimum atomic E-state index is -0.870. The summed E-state index contributed by atoms with van der Waals surface area (Å²) in [6, 6.07) is 5.79. The minimum absolute atomic E-state index is 0.00614. The van der Waals surface area contributed by atoms with Crippen molar-refractivity contribution < 1.29 is 14.7 Å². The summed E-state index contributed by atoms with van der Waals surface area (Å²) in [5.74, 6) is -0.779. The van der Waals surface area contributed by atoms with E-state index in [0.717, 1.165) is 24.0 Å². The third kappa shape index (κ3) is 4.74. The molecule has 4 heteroatoms. The Morgan fingerprint density at radius 1 is 1.38 bits per heavy atom. The number of hydrogen-bond acceptors (Lipinski definition) is 2. The number of carbonyl (C=O) groups is 2. The molecule has 2 rings (SSSR count). The number of nitrogens with one attached hydrogen (secondary N) is 1. The van der Waals surface area contributed by atoms with Crippen LogP contribution in [0.5, 0.6) is 0 Å². The molecule has 1 atom stereocenters. The van der Waals surface area contributed by atoms with Crippen molar-refractivity contribution >= 4 is 18.0 Å². The van der Waals surface area contributed by atoms with Gasteiger partial charge in [-0.05, 0) is 49.8 Å². The quantitative estimate of drug-likeness (QED) is 0.791. The maximum Gasteiger partial charge on any atom is 0.305 e. The summed E-state index contributed by atoms with van der Waals surface area (Å²) < 4.78 is 0. The normalized spacial score (nSPS) is 15.9. The van der Waals surface area contributed by atoms with Crippen LogP contribution in [-0.4, -0.2) is 23.0 Å². The van der Waals surface area contributed by atoms with E-state index in [-0.39, 0.29) is 18.4 Å². The van der Waals surface area contributed by atoms with Gasteiger partial charge >= 0.3 is 5.97 Å². The van der Waals surface area contributed by atoms with E-state index >= 15 is 0 Å². The topological polar surface area (TPSA) is 66.4 Å². The summed E-state index contributed by atoms with van der Waals surface area (Å²) in [5.41, 5.74) is 3.30. The molecule has 112 valence electrons. The Balaban J connectivity index is 1.96. The lowest BCUT2D eigenvalue weighted by Crippen LogP contribution is -2.37. The van der Waals surface area contributed by atoms with Gasteiger partial charge in [0.2, 0.25) is 5.91 Å². The third-order valence-electron chi connectivity index (χ3n) is 3.75. The highest BCUT2D eigenvalue weighted by molar-refractivity contribution is 5.92. The zero-order valence-electron chi connectivity index (χ0n) is 12.4. The zero-order valence-corrected chi connectivity index (χ0v) is 12.4. The first-order valence-electron chi connectivity index (χ1n) is 7.23. The summed E-state index contributed by atoms with van der Waals surface area (Å²) in [6.07, 6.45) is 5.25. The summed E-state index contributed by atoms with van der Waals surface area (Å²) in [4.78, 5) is 22.7. The molecule has 1 aromatic carbocycles. The molecule has 4 nitrogen and oxygen atoms in total. The molecule has 0 saturated heterocycles. The van der Waals surface area contributed by atoms with Crippen LogP contribution in [0.2, 0.25) is 0 Å². The smallest absolute Gasteiger partial charge is 0.305 e. The van der Waals surface area contributed by atoms with Gasteiger partial charge in [-0.1, -0.05) is 23.8 Å². The van der Waals surface area contributed by atoms with Crippen LogP contribution in [0.3, 0.4) is 0 Å². The number of aliphatic carboxylic acids is 1. The van der Waals surface area contributed by atoms with Gasteiger partial charge in [-0.2, -0.15) is 0 Å². The fourth-order valence-electron chi connectivity index (χ4n) is 2.43. The molecule has 1 saturated carbocycles. The number of amides is 1. The van der Waals surface area contributed by atoms with E-state index in [9.17, 15) is 9.59 Å². The average Bonchev–Trinajstić information content (AvgIpc) is 3.20. The van der Waals surface area contributed by atoms with E-state index < -0.39 is 5.97 Å². The second-order valence-electron chi connectivity index (χ2n) is 5.74. The number of aryl methyl sites for hydroxylation is 2. The molecule has 0 radical (unpaired) electrons. The van der Waals surface area contributed by atoms with Crippen molar-refractivity contribution in [3.05, 3.63) is 41.0 Å². The fourth-order valence-corrected chi connectivity index (χ4v) is 2.43. The second-order valence-corrected chi connectivity index (χ2v) is 5.74. The molecule has 1 fully saturated rings. The first-order valence-corrected chi connectivity index (χ1v) is 7.23. The summed E-state index contributed by atoms with van der Waals surface area (Å²) in [6.45, 7) is 4.03. The summed E-state index contributed by atoms with van der Waals surface area (Å²) >= 11 is 0. The predicted molar refractivity (Wildman–Crippen MR) is 81.9 cm³/mol. The van der Waals surface area contributed by atoms with Crippen LogP contribution < -0.4 is 5.32 Å². The monoisotopic (exact) mass is 287 g/mol. The Morgan fingerprint density at radius 3 is 2.67 bits per heavy atom. The van der Waals surface area contributed by atoms with Crippen LogP contribution in [0, 0.1) is 19.8 Å². The van der Waals surface area contributed by atoms with Gasteiger partial charge in [-0.3, -0.25) is 9.59 Å². The van der Waals surface area contributed by atoms with E-state index in [2.05, 4.69) is 11.4 Å². The van der Waals surface area contributed by atoms with Crippen LogP contribution in [0.15, 0.2) is 24.3 Å². The minimum Gasteiger partial charge on any atom is -0.481 e. The number of rotatable bonds is 6. The van der Waals surface area contributed by atoms with Crippen molar-refractivity contribution in [3.63, 3.8) is 0 Å². The van der Waals surface area contributed by atoms with Crippen molar-refractivity contribution in [1.82, 2.24) is 5.32 Å². The molecule has 21 heavy (non-hydrogen) atoms. The Labute approximate surface area is 124 Å². The van der Waals surface area contributed by atoms with Crippen molar-refractivity contribution in [2.24, 2.45) is 5.92 Å². The number of hydrogen-bond donors (Lipinski definition) is 2. The zero-order chi connectivity index (χ0) is 15.4. The molecule has 0 bridgehead atoms. The van der Waals surface area contributed by atoms with E-state index in [0.29, 0.717) is 5.92 Å². The van der Waals surface area contributed by atoms with Crippen LogP contribution in [0.25, 0.3) is 6.08 Å². The van der Waals surface area contributed by atoms with Crippen molar-refractivity contribution in [1.29, 1.82) is 0 Å². The average molecular weight is 287 g/mol. The Kier molecular flexibility index (Phi) is 4.78. The highest BCUT2D eigenvalue weighted by Gasteiger charge is 2.33. The third-order valence-corrected chi connectivity index (χ3v) is 3.75. The molecule has 1 aliphatic rings. The van der Waals surface area contributed by atoms with Crippen LogP contribution >= 0.6 is 0 Å². The predicted octanol–water partition coefficient (Wildman–Crippen LogP) is 2.69. The van der Waals surface area contributed by atoms with Gasteiger partial charge in [-0.25, -0.2) is 0 Å². The molecule has 0 heterocycles. The molecular weight excluding hydrogens is 266 g/mol. The molecule has 0 spiro atoms. The highest BCUT2D eigenvalue weighted by Crippen LogP contribution is 2.34. The van der Waals surface area contributed by atoms with Gasteiger partial charge in [0, 0.05) is 12.1 Å². The first-order chi connectivity index (χ1) is 9.95. The lowest BCUT2D eigenvalue weighted by atomic mass is 10.1. The van der Waals surface area contributed by atoms with E-state index in [1.807, 2.05) is 26.0 Å². The van der Waals surface area contributed by atoms with E-state index in [4.69, 9.17) is 5.11 Å². The van der Waals surface area contributed by atoms with E-state index in [1.165, 1.54) is 11.6 Å². The lowest BCUT2D eigenvalue weighted by molar-refractivity contribution is -0.137. The molecule has 1 unspecified atom stereocenters. The molecule has 2 N–H and O–H groups in total. The van der Waals surface area contributed by atoms with Gasteiger partial charge in [0.1, 0.15) is 0 Å². The molecular formula is C17H21NO3.